The predicted molar refractivity (Wildman–Crippen MR) is 105 cm³/mol. The molecule has 5 heteroatoms. The molecule has 0 aliphatic rings. The van der Waals surface area contributed by atoms with E-state index in [2.05, 4.69) is 31.9 Å². The average Bonchev–Trinajstić information content (AvgIpc) is 2.70. The van der Waals surface area contributed by atoms with Crippen molar-refractivity contribution in [3.63, 3.8) is 0 Å². The molecule has 130 valence electrons. The molecule has 26 heavy (non-hydrogen) atoms. The maximum Gasteiger partial charge on any atom is 0.0807 e. The lowest BCUT2D eigenvalue weighted by atomic mass is 9.86. The zero-order valence-corrected chi connectivity index (χ0v) is 14.7. The Kier molecular flexibility index (Phi) is 5.93. The van der Waals surface area contributed by atoms with Crippen LogP contribution in [0.15, 0.2) is 83.2 Å². The monoisotopic (exact) mass is 343 g/mol. The molecule has 0 unspecified atom stereocenters. The van der Waals surface area contributed by atoms with Crippen LogP contribution < -0.4 is 0 Å². The molecule has 3 aromatic rings. The quantitative estimate of drug-likeness (QED) is 0.618. The number of aromatic nitrogens is 3. The molecular weight excluding hydrogens is 322 g/mol. The first-order valence-electron chi connectivity index (χ1n) is 8.49. The highest BCUT2D eigenvalue weighted by atomic mass is 14.9. The second-order valence-electron chi connectivity index (χ2n) is 6.22. The van der Waals surface area contributed by atoms with Crippen LogP contribution in [-0.2, 0) is 5.41 Å². The summed E-state index contributed by atoms with van der Waals surface area (Å²) in [5.41, 5.74) is 2.34. The number of hydrogen-bond donors (Lipinski definition) is 0. The molecule has 5 nitrogen and oxygen atoms in total. The highest BCUT2D eigenvalue weighted by Gasteiger charge is 2.27. The van der Waals surface area contributed by atoms with Crippen molar-refractivity contribution in [1.82, 2.24) is 15.0 Å². The highest BCUT2D eigenvalue weighted by molar-refractivity contribution is 5.77. The summed E-state index contributed by atoms with van der Waals surface area (Å²) >= 11 is 0. The van der Waals surface area contributed by atoms with Gasteiger partial charge in [-0.15, -0.1) is 0 Å². The van der Waals surface area contributed by atoms with Gasteiger partial charge in [0, 0.05) is 42.1 Å². The molecule has 3 aromatic heterocycles. The SMILES string of the molecule is CC(CN=Cc1ccccn1)(CN=Cc1ccccn1)c1ccccn1. The lowest BCUT2D eigenvalue weighted by Gasteiger charge is -2.25. The van der Waals surface area contributed by atoms with Gasteiger partial charge in [-0.05, 0) is 36.4 Å². The molecule has 0 aliphatic heterocycles. The minimum Gasteiger partial charge on any atom is -0.290 e. The first kappa shape index (κ1) is 17.6. The molecule has 3 heterocycles. The van der Waals surface area contributed by atoms with Gasteiger partial charge in [-0.25, -0.2) is 0 Å². The highest BCUT2D eigenvalue weighted by Crippen LogP contribution is 2.22. The molecule has 0 fully saturated rings. The number of aliphatic imine (C=N–C) groups is 2. The summed E-state index contributed by atoms with van der Waals surface area (Å²) in [6, 6.07) is 17.5. The van der Waals surface area contributed by atoms with Crippen LogP contribution in [0.5, 0.6) is 0 Å². The molecule has 0 radical (unpaired) electrons. The fourth-order valence-electron chi connectivity index (χ4n) is 2.52. The Labute approximate surface area is 153 Å². The normalized spacial score (nSPS) is 13.9. The lowest BCUT2D eigenvalue weighted by Crippen LogP contribution is -2.31. The van der Waals surface area contributed by atoms with Crippen molar-refractivity contribution in [2.24, 2.45) is 9.98 Å². The van der Waals surface area contributed by atoms with Gasteiger partial charge in [0.2, 0.25) is 0 Å². The second kappa shape index (κ2) is 8.76. The van der Waals surface area contributed by atoms with E-state index < -0.39 is 0 Å². The van der Waals surface area contributed by atoms with Crippen LogP contribution in [0.1, 0.15) is 24.0 Å². The Hall–Kier alpha value is -3.21. The summed E-state index contributed by atoms with van der Waals surface area (Å²) in [7, 11) is 0. The van der Waals surface area contributed by atoms with Gasteiger partial charge >= 0.3 is 0 Å². The van der Waals surface area contributed by atoms with Gasteiger partial charge < -0.3 is 0 Å². The second-order valence-corrected chi connectivity index (χ2v) is 6.22. The third-order valence-electron chi connectivity index (χ3n) is 3.99. The van der Waals surface area contributed by atoms with Crippen LogP contribution in [0.3, 0.4) is 0 Å². The van der Waals surface area contributed by atoms with Crippen molar-refractivity contribution in [3.05, 3.63) is 90.3 Å². The minimum atomic E-state index is -0.308. The zero-order chi connectivity index (χ0) is 18.1. The molecule has 0 bridgehead atoms. The molecule has 0 atom stereocenters. The zero-order valence-electron chi connectivity index (χ0n) is 14.7. The first-order valence-corrected chi connectivity index (χ1v) is 8.49. The molecule has 0 saturated heterocycles. The molecule has 0 spiro atoms. The van der Waals surface area contributed by atoms with E-state index >= 15 is 0 Å². The predicted octanol–water partition coefficient (Wildman–Crippen LogP) is 3.37. The van der Waals surface area contributed by atoms with Gasteiger partial charge in [-0.2, -0.15) is 0 Å². The summed E-state index contributed by atoms with van der Waals surface area (Å²) in [6.45, 7) is 3.27. The lowest BCUT2D eigenvalue weighted by molar-refractivity contribution is 0.485. The van der Waals surface area contributed by atoms with Crippen molar-refractivity contribution in [3.8, 4) is 0 Å². The van der Waals surface area contributed by atoms with E-state index in [1.165, 1.54) is 0 Å². The van der Waals surface area contributed by atoms with E-state index in [0.29, 0.717) is 13.1 Å². The Balaban J connectivity index is 1.76. The first-order chi connectivity index (χ1) is 12.8. The van der Waals surface area contributed by atoms with Gasteiger partial charge in [-0.3, -0.25) is 24.9 Å². The van der Waals surface area contributed by atoms with E-state index in [1.807, 2.05) is 54.6 Å². The summed E-state index contributed by atoms with van der Waals surface area (Å²) in [5, 5.41) is 0. The average molecular weight is 343 g/mol. The summed E-state index contributed by atoms with van der Waals surface area (Å²) in [6.07, 6.45) is 8.92. The van der Waals surface area contributed by atoms with Crippen molar-refractivity contribution in [2.45, 2.75) is 12.3 Å². The smallest absolute Gasteiger partial charge is 0.0807 e. The van der Waals surface area contributed by atoms with Gasteiger partial charge in [0.25, 0.3) is 0 Å². The molecule has 0 aliphatic carbocycles. The summed E-state index contributed by atoms with van der Waals surface area (Å²) < 4.78 is 0. The summed E-state index contributed by atoms with van der Waals surface area (Å²) in [5.74, 6) is 0. The Morgan fingerprint density at radius 2 is 1.23 bits per heavy atom. The van der Waals surface area contributed by atoms with Crippen LogP contribution >= 0.6 is 0 Å². The van der Waals surface area contributed by atoms with E-state index in [-0.39, 0.29) is 5.41 Å². The fraction of sp³-hybridized carbons (Fsp3) is 0.190. The third kappa shape index (κ3) is 4.89. The van der Waals surface area contributed by atoms with E-state index in [0.717, 1.165) is 17.1 Å². The van der Waals surface area contributed by atoms with E-state index in [1.54, 1.807) is 31.0 Å². The van der Waals surface area contributed by atoms with Gasteiger partial charge in [-0.1, -0.05) is 25.1 Å². The van der Waals surface area contributed by atoms with Gasteiger partial charge in [0.1, 0.15) is 0 Å². The third-order valence-corrected chi connectivity index (χ3v) is 3.99. The number of pyridine rings is 3. The Morgan fingerprint density at radius 1 is 0.731 bits per heavy atom. The molecule has 0 amide bonds. The largest absolute Gasteiger partial charge is 0.290 e. The summed E-state index contributed by atoms with van der Waals surface area (Å²) in [4.78, 5) is 22.3. The molecule has 3 rings (SSSR count). The van der Waals surface area contributed by atoms with Crippen LogP contribution in [0, 0.1) is 0 Å². The standard InChI is InChI=1S/C21H21N5/c1-21(20-10-4-7-13-26-20,16-22-14-18-8-2-5-11-24-18)17-23-15-19-9-3-6-12-25-19/h2-15H,16-17H2,1H3. The van der Waals surface area contributed by atoms with Gasteiger partial charge in [0.05, 0.1) is 24.5 Å². The van der Waals surface area contributed by atoms with E-state index in [9.17, 15) is 0 Å². The molecule has 0 saturated carbocycles. The Morgan fingerprint density at radius 3 is 1.65 bits per heavy atom. The van der Waals surface area contributed by atoms with Crippen LogP contribution in [-0.4, -0.2) is 40.5 Å². The van der Waals surface area contributed by atoms with Crippen molar-refractivity contribution in [1.29, 1.82) is 0 Å². The van der Waals surface area contributed by atoms with Crippen LogP contribution in [0.4, 0.5) is 0 Å². The van der Waals surface area contributed by atoms with Crippen molar-refractivity contribution < 1.29 is 0 Å². The van der Waals surface area contributed by atoms with Crippen LogP contribution in [0.25, 0.3) is 0 Å². The van der Waals surface area contributed by atoms with Crippen molar-refractivity contribution >= 4 is 12.4 Å². The molecule has 0 N–H and O–H groups in total. The number of rotatable bonds is 7. The number of hydrogen-bond acceptors (Lipinski definition) is 5. The molecular formula is C21H21N5. The minimum absolute atomic E-state index is 0.308. The Bertz CT molecular complexity index is 794. The molecule has 0 aromatic carbocycles. The van der Waals surface area contributed by atoms with Crippen molar-refractivity contribution in [2.75, 3.05) is 13.1 Å². The fourth-order valence-corrected chi connectivity index (χ4v) is 2.52. The topological polar surface area (TPSA) is 63.4 Å². The number of nitrogens with zero attached hydrogens (tertiary/aromatic N) is 5. The van der Waals surface area contributed by atoms with E-state index in [4.69, 9.17) is 0 Å². The van der Waals surface area contributed by atoms with Crippen LogP contribution in [0.2, 0.25) is 0 Å². The maximum atomic E-state index is 4.60. The van der Waals surface area contributed by atoms with Gasteiger partial charge in [0.15, 0.2) is 0 Å². The maximum absolute atomic E-state index is 4.60.